The summed E-state index contributed by atoms with van der Waals surface area (Å²) < 4.78 is 67.7. The van der Waals surface area contributed by atoms with Gasteiger partial charge in [-0.1, -0.05) is 36.4 Å². The molecule has 1 aromatic heterocycles. The lowest BCUT2D eigenvalue weighted by atomic mass is 9.87. The van der Waals surface area contributed by atoms with Crippen molar-refractivity contribution in [3.63, 3.8) is 0 Å². The second-order valence-corrected chi connectivity index (χ2v) is 9.97. The second kappa shape index (κ2) is 8.02. The van der Waals surface area contributed by atoms with Crippen LogP contribution in [0.1, 0.15) is 23.2 Å². The van der Waals surface area contributed by atoms with Crippen LogP contribution in [-0.2, 0) is 22.6 Å². The molecule has 5 rings (SSSR count). The number of benzene rings is 3. The Balaban J connectivity index is 1.73. The lowest BCUT2D eigenvalue weighted by Crippen LogP contribution is -2.10. The Labute approximate surface area is 194 Å². The van der Waals surface area contributed by atoms with Gasteiger partial charge in [-0.2, -0.15) is 18.3 Å². The molecule has 1 N–H and O–H groups in total. The molecule has 0 spiro atoms. The van der Waals surface area contributed by atoms with Gasteiger partial charge in [-0.25, -0.2) is 13.1 Å². The van der Waals surface area contributed by atoms with Crippen molar-refractivity contribution in [3.8, 4) is 16.9 Å². The summed E-state index contributed by atoms with van der Waals surface area (Å²) in [4.78, 5) is 0. The molecule has 1 aliphatic carbocycles. The Morgan fingerprint density at radius 2 is 1.76 bits per heavy atom. The average Bonchev–Trinajstić information content (AvgIpc) is 3.24. The van der Waals surface area contributed by atoms with Gasteiger partial charge < -0.3 is 0 Å². The molecule has 0 saturated carbocycles. The van der Waals surface area contributed by atoms with Crippen LogP contribution < -0.4 is 4.72 Å². The molecule has 3 aromatic carbocycles. The van der Waals surface area contributed by atoms with Crippen LogP contribution in [0.3, 0.4) is 0 Å². The first-order valence-electron chi connectivity index (χ1n) is 10.6. The zero-order chi connectivity index (χ0) is 24.1. The molecule has 0 saturated heterocycles. The first-order valence-corrected chi connectivity index (χ1v) is 12.5. The number of nitrogens with zero attached hydrogens (tertiary/aromatic N) is 2. The smallest absolute Gasteiger partial charge is 0.284 e. The van der Waals surface area contributed by atoms with Crippen molar-refractivity contribution in [2.45, 2.75) is 19.0 Å². The van der Waals surface area contributed by atoms with Crippen LogP contribution in [0.4, 0.5) is 18.9 Å². The lowest BCUT2D eigenvalue weighted by Gasteiger charge is -2.19. The molecular formula is C25H20F3N3O2S. The molecule has 0 fully saturated rings. The van der Waals surface area contributed by atoms with E-state index in [1.54, 1.807) is 0 Å². The van der Waals surface area contributed by atoms with Crippen LogP contribution in [-0.4, -0.2) is 24.5 Å². The highest BCUT2D eigenvalue weighted by Gasteiger charge is 2.35. The number of hydrogen-bond donors (Lipinski definition) is 1. The summed E-state index contributed by atoms with van der Waals surface area (Å²) in [6.07, 6.45) is 2.06. The van der Waals surface area contributed by atoms with Crippen molar-refractivity contribution in [1.82, 2.24) is 9.78 Å². The van der Waals surface area contributed by atoms with Crippen molar-refractivity contribution in [1.29, 1.82) is 0 Å². The number of halogens is 3. The quantitative estimate of drug-likeness (QED) is 0.385. The van der Waals surface area contributed by atoms with E-state index in [2.05, 4.69) is 9.82 Å². The van der Waals surface area contributed by atoms with E-state index >= 15 is 0 Å². The highest BCUT2D eigenvalue weighted by Crippen LogP contribution is 2.39. The van der Waals surface area contributed by atoms with E-state index in [9.17, 15) is 21.6 Å². The molecule has 0 atom stereocenters. The van der Waals surface area contributed by atoms with Crippen LogP contribution in [0.2, 0.25) is 0 Å². The van der Waals surface area contributed by atoms with E-state index in [1.807, 2.05) is 42.5 Å². The Morgan fingerprint density at radius 3 is 2.47 bits per heavy atom. The van der Waals surface area contributed by atoms with E-state index in [-0.39, 0.29) is 0 Å². The van der Waals surface area contributed by atoms with Gasteiger partial charge in [0.15, 0.2) is 5.69 Å². The first-order chi connectivity index (χ1) is 16.1. The summed E-state index contributed by atoms with van der Waals surface area (Å²) in [5, 5.41) is 5.92. The summed E-state index contributed by atoms with van der Waals surface area (Å²) >= 11 is 0. The fraction of sp³-hybridized carbons (Fsp3) is 0.160. The summed E-state index contributed by atoms with van der Waals surface area (Å²) in [6, 6.07) is 16.9. The average molecular weight is 484 g/mol. The van der Waals surface area contributed by atoms with Crippen molar-refractivity contribution >= 4 is 32.6 Å². The number of alkyl halides is 3. The highest BCUT2D eigenvalue weighted by atomic mass is 32.2. The summed E-state index contributed by atoms with van der Waals surface area (Å²) in [7, 11) is -3.48. The van der Waals surface area contributed by atoms with Gasteiger partial charge in [0.2, 0.25) is 10.0 Å². The summed E-state index contributed by atoms with van der Waals surface area (Å²) in [5.41, 5.74) is 2.64. The van der Waals surface area contributed by atoms with E-state index in [4.69, 9.17) is 0 Å². The number of rotatable bonds is 4. The molecule has 1 aliphatic rings. The largest absolute Gasteiger partial charge is 0.435 e. The maximum Gasteiger partial charge on any atom is 0.435 e. The maximum absolute atomic E-state index is 13.7. The van der Waals surface area contributed by atoms with Gasteiger partial charge in [-0.3, -0.25) is 4.72 Å². The van der Waals surface area contributed by atoms with Gasteiger partial charge in [0.05, 0.1) is 17.6 Å². The topological polar surface area (TPSA) is 64.0 Å². The number of fused-ring (bicyclic) bond motifs is 3. The molecule has 0 unspecified atom stereocenters. The predicted molar refractivity (Wildman–Crippen MR) is 127 cm³/mol. The molecule has 34 heavy (non-hydrogen) atoms. The third-order valence-electron chi connectivity index (χ3n) is 5.74. The van der Waals surface area contributed by atoms with Gasteiger partial charge in [0.25, 0.3) is 0 Å². The van der Waals surface area contributed by atoms with Gasteiger partial charge in [0.1, 0.15) is 0 Å². The standard InChI is InChI=1S/C25H20F3N3O2S/c1-34(32,33)30-17-10-12-18(13-11-17)31-23(15-24(29-31)25(26,27)28)22-14-16-6-2-3-7-19(16)20-8-4-5-9-21(20)22/h2-3,5-7,9-15,30H,4,8H2,1H3. The SMILES string of the molecule is CS(=O)(=O)Nc1ccc(-n2nc(C(F)(F)F)cc2-c2cc3ccccc3c3c2C=CCC3)cc1. The molecule has 4 aromatic rings. The Morgan fingerprint density at radius 1 is 1.03 bits per heavy atom. The van der Waals surface area contributed by atoms with Crippen LogP contribution >= 0.6 is 0 Å². The van der Waals surface area contributed by atoms with Crippen LogP contribution in [0.5, 0.6) is 0 Å². The number of anilines is 1. The minimum Gasteiger partial charge on any atom is -0.284 e. The monoisotopic (exact) mass is 483 g/mol. The van der Waals surface area contributed by atoms with E-state index in [0.717, 1.165) is 47.1 Å². The molecule has 1 heterocycles. The molecule has 174 valence electrons. The Kier molecular flexibility index (Phi) is 5.24. The first kappa shape index (κ1) is 22.2. The number of sulfonamides is 1. The minimum absolute atomic E-state index is 0.307. The van der Waals surface area contributed by atoms with E-state index < -0.39 is 21.9 Å². The van der Waals surface area contributed by atoms with Crippen LogP contribution in [0.15, 0.2) is 66.7 Å². The van der Waals surface area contributed by atoms with Crippen LogP contribution in [0.25, 0.3) is 33.8 Å². The van der Waals surface area contributed by atoms with Crippen molar-refractivity contribution < 1.29 is 21.6 Å². The predicted octanol–water partition coefficient (Wildman–Crippen LogP) is 6.04. The zero-order valence-electron chi connectivity index (χ0n) is 18.1. The summed E-state index contributed by atoms with van der Waals surface area (Å²) in [5.74, 6) is 0. The van der Waals surface area contributed by atoms with Gasteiger partial charge in [0, 0.05) is 11.3 Å². The Bertz CT molecular complexity index is 1540. The van der Waals surface area contributed by atoms with Gasteiger partial charge in [-0.05, 0) is 71.1 Å². The second-order valence-electron chi connectivity index (χ2n) is 8.22. The lowest BCUT2D eigenvalue weighted by molar-refractivity contribution is -0.141. The maximum atomic E-state index is 13.7. The molecule has 0 aliphatic heterocycles. The number of hydrogen-bond acceptors (Lipinski definition) is 3. The molecule has 0 radical (unpaired) electrons. The Hall–Kier alpha value is -3.59. The third-order valence-corrected chi connectivity index (χ3v) is 6.34. The van der Waals surface area contributed by atoms with Crippen molar-refractivity contribution in [3.05, 3.63) is 83.6 Å². The summed E-state index contributed by atoms with van der Waals surface area (Å²) in [6.45, 7) is 0. The fourth-order valence-electron chi connectivity index (χ4n) is 4.33. The normalized spacial score (nSPS) is 13.8. The van der Waals surface area contributed by atoms with Gasteiger partial charge in [-0.15, -0.1) is 0 Å². The minimum atomic E-state index is -4.62. The van der Waals surface area contributed by atoms with Crippen LogP contribution in [0, 0.1) is 0 Å². The fourth-order valence-corrected chi connectivity index (χ4v) is 4.90. The van der Waals surface area contributed by atoms with E-state index in [1.165, 1.54) is 28.9 Å². The molecule has 5 nitrogen and oxygen atoms in total. The molecular weight excluding hydrogens is 463 g/mol. The number of aryl methyl sites for hydroxylation is 1. The van der Waals surface area contributed by atoms with E-state index in [0.29, 0.717) is 22.6 Å². The molecule has 0 amide bonds. The van der Waals surface area contributed by atoms with Gasteiger partial charge >= 0.3 is 6.18 Å². The highest BCUT2D eigenvalue weighted by molar-refractivity contribution is 7.92. The molecule has 9 heteroatoms. The van der Waals surface area contributed by atoms with Crippen molar-refractivity contribution in [2.24, 2.45) is 0 Å². The number of nitrogens with one attached hydrogen (secondary N) is 1. The zero-order valence-corrected chi connectivity index (χ0v) is 18.9. The number of allylic oxidation sites excluding steroid dienone is 1. The van der Waals surface area contributed by atoms with Crippen molar-refractivity contribution in [2.75, 3.05) is 11.0 Å². The third kappa shape index (κ3) is 4.19. The molecule has 0 bridgehead atoms. The number of aromatic nitrogens is 2.